The number of hydrogen-bond acceptors (Lipinski definition) is 5. The van der Waals surface area contributed by atoms with Crippen LogP contribution in [0.3, 0.4) is 0 Å². The smallest absolute Gasteiger partial charge is 0.254 e. The van der Waals surface area contributed by atoms with Crippen LogP contribution in [0.15, 0.2) is 41.5 Å². The molecule has 1 atom stereocenters. The molecule has 0 unspecified atom stereocenters. The maximum Gasteiger partial charge on any atom is 0.254 e. The molecule has 0 bridgehead atoms. The number of ether oxygens (including phenoxy) is 2. The van der Waals surface area contributed by atoms with Crippen molar-refractivity contribution >= 4 is 5.91 Å². The van der Waals surface area contributed by atoms with Crippen LogP contribution in [-0.2, 0) is 16.1 Å². The normalized spacial score (nSPS) is 16.4. The third kappa shape index (κ3) is 4.70. The molecule has 1 aromatic carbocycles. The fourth-order valence-electron chi connectivity index (χ4n) is 2.83. The number of nitrogens with zero attached hydrogens (tertiary/aromatic N) is 2. The van der Waals surface area contributed by atoms with Crippen LogP contribution in [0, 0.1) is 0 Å². The fourth-order valence-corrected chi connectivity index (χ4v) is 2.83. The molecule has 3 rings (SSSR count). The Morgan fingerprint density at radius 2 is 2.19 bits per heavy atom. The highest BCUT2D eigenvalue weighted by Gasteiger charge is 2.16. The molecule has 0 radical (unpaired) electrons. The summed E-state index contributed by atoms with van der Waals surface area (Å²) in [6.07, 6.45) is 3.46. The summed E-state index contributed by atoms with van der Waals surface area (Å²) in [6.45, 7) is 3.69. The third-order valence-electron chi connectivity index (χ3n) is 4.21. The molecule has 0 spiro atoms. The van der Waals surface area contributed by atoms with Crippen molar-refractivity contribution in [3.05, 3.63) is 47.0 Å². The van der Waals surface area contributed by atoms with Crippen LogP contribution >= 0.6 is 0 Å². The molecule has 0 saturated carbocycles. The lowest BCUT2D eigenvalue weighted by Gasteiger charge is -2.11. The molecule has 26 heavy (non-hydrogen) atoms. The summed E-state index contributed by atoms with van der Waals surface area (Å²) < 4.78 is 12.2. The largest absolute Gasteiger partial charge is 0.494 e. The summed E-state index contributed by atoms with van der Waals surface area (Å²) in [5.74, 6) is 0.547. The van der Waals surface area contributed by atoms with Crippen LogP contribution in [0.4, 0.5) is 0 Å². The predicted octanol–water partition coefficient (Wildman–Crippen LogP) is 1.60. The Morgan fingerprint density at radius 1 is 1.38 bits per heavy atom. The van der Waals surface area contributed by atoms with Crippen LogP contribution in [0.2, 0.25) is 0 Å². The summed E-state index contributed by atoms with van der Waals surface area (Å²) in [4.78, 5) is 28.6. The number of amides is 1. The number of carbonyl (C=O) groups is 1. The molecule has 1 fully saturated rings. The van der Waals surface area contributed by atoms with E-state index in [-0.39, 0.29) is 24.1 Å². The first kappa shape index (κ1) is 18.1. The van der Waals surface area contributed by atoms with Gasteiger partial charge in [0, 0.05) is 24.8 Å². The summed E-state index contributed by atoms with van der Waals surface area (Å²) in [7, 11) is 0. The maximum absolute atomic E-state index is 12.3. The van der Waals surface area contributed by atoms with E-state index in [0.29, 0.717) is 18.8 Å². The first-order chi connectivity index (χ1) is 12.7. The quantitative estimate of drug-likeness (QED) is 0.814. The predicted molar refractivity (Wildman–Crippen MR) is 97.1 cm³/mol. The second-order valence-electron chi connectivity index (χ2n) is 6.14. The lowest BCUT2D eigenvalue weighted by molar-refractivity contribution is -0.122. The molecule has 1 aliphatic heterocycles. The second-order valence-corrected chi connectivity index (χ2v) is 6.14. The van der Waals surface area contributed by atoms with E-state index in [1.165, 1.54) is 17.0 Å². The minimum atomic E-state index is -0.267. The van der Waals surface area contributed by atoms with Gasteiger partial charge in [0.15, 0.2) is 0 Å². The van der Waals surface area contributed by atoms with Crippen molar-refractivity contribution in [1.82, 2.24) is 14.9 Å². The molecule has 138 valence electrons. The van der Waals surface area contributed by atoms with Gasteiger partial charge in [0.1, 0.15) is 12.3 Å². The minimum absolute atomic E-state index is 0.0535. The van der Waals surface area contributed by atoms with Gasteiger partial charge in [-0.15, -0.1) is 0 Å². The number of hydrogen-bond donors (Lipinski definition) is 1. The molecular formula is C19H23N3O4. The molecule has 1 saturated heterocycles. The van der Waals surface area contributed by atoms with E-state index in [1.807, 2.05) is 31.2 Å². The van der Waals surface area contributed by atoms with Crippen molar-refractivity contribution in [3.63, 3.8) is 0 Å². The molecule has 2 heterocycles. The number of carbonyl (C=O) groups excluding carboxylic acids is 1. The third-order valence-corrected chi connectivity index (χ3v) is 4.21. The van der Waals surface area contributed by atoms with Crippen molar-refractivity contribution in [3.8, 4) is 17.0 Å². The highest BCUT2D eigenvalue weighted by Crippen LogP contribution is 2.19. The SMILES string of the molecule is CCOc1ccc(-c2cc(=O)n(CC(=O)NC[C@@H]3CCCO3)cn2)cc1. The average molecular weight is 357 g/mol. The zero-order valence-corrected chi connectivity index (χ0v) is 14.8. The Kier molecular flexibility index (Phi) is 6.01. The Balaban J connectivity index is 1.61. The van der Waals surface area contributed by atoms with Gasteiger partial charge in [-0.1, -0.05) is 0 Å². The molecule has 0 aliphatic carbocycles. The van der Waals surface area contributed by atoms with Gasteiger partial charge in [0.25, 0.3) is 5.56 Å². The maximum atomic E-state index is 12.3. The summed E-state index contributed by atoms with van der Waals surface area (Å²) in [5.41, 5.74) is 1.12. The zero-order chi connectivity index (χ0) is 18.4. The Bertz CT molecular complexity index is 795. The Labute approximate surface area is 152 Å². The fraction of sp³-hybridized carbons (Fsp3) is 0.421. The van der Waals surface area contributed by atoms with Crippen LogP contribution in [-0.4, -0.2) is 41.3 Å². The lowest BCUT2D eigenvalue weighted by atomic mass is 10.1. The minimum Gasteiger partial charge on any atom is -0.494 e. The Hall–Kier alpha value is -2.67. The number of rotatable bonds is 7. The molecule has 7 nitrogen and oxygen atoms in total. The molecule has 1 amide bonds. The molecule has 1 N–H and O–H groups in total. The first-order valence-corrected chi connectivity index (χ1v) is 8.83. The van der Waals surface area contributed by atoms with Crippen molar-refractivity contribution in [1.29, 1.82) is 0 Å². The van der Waals surface area contributed by atoms with E-state index in [9.17, 15) is 9.59 Å². The lowest BCUT2D eigenvalue weighted by Crippen LogP contribution is -2.36. The van der Waals surface area contributed by atoms with Crippen LogP contribution in [0.25, 0.3) is 11.3 Å². The van der Waals surface area contributed by atoms with Gasteiger partial charge in [-0.3, -0.25) is 14.2 Å². The van der Waals surface area contributed by atoms with Crippen molar-refractivity contribution in [2.75, 3.05) is 19.8 Å². The highest BCUT2D eigenvalue weighted by atomic mass is 16.5. The van der Waals surface area contributed by atoms with Gasteiger partial charge < -0.3 is 14.8 Å². The average Bonchev–Trinajstić information content (AvgIpc) is 3.16. The van der Waals surface area contributed by atoms with Gasteiger partial charge in [0.05, 0.1) is 24.7 Å². The van der Waals surface area contributed by atoms with Crippen LogP contribution in [0.5, 0.6) is 5.75 Å². The summed E-state index contributed by atoms with van der Waals surface area (Å²) >= 11 is 0. The molecule has 1 aromatic heterocycles. The molecule has 1 aliphatic rings. The number of aromatic nitrogens is 2. The molecular weight excluding hydrogens is 334 g/mol. The van der Waals surface area contributed by atoms with Gasteiger partial charge in [-0.05, 0) is 44.0 Å². The van der Waals surface area contributed by atoms with Crippen LogP contribution < -0.4 is 15.6 Å². The number of nitrogens with one attached hydrogen (secondary N) is 1. The second kappa shape index (κ2) is 8.62. The standard InChI is InChI=1S/C19H23N3O4/c1-2-25-15-7-5-14(6-8-15)17-10-19(24)22(13-21-17)12-18(23)20-11-16-4-3-9-26-16/h5-8,10,13,16H,2-4,9,11-12H2,1H3,(H,20,23)/t16-/m0/s1. The van der Waals surface area contributed by atoms with Crippen molar-refractivity contribution < 1.29 is 14.3 Å². The van der Waals surface area contributed by atoms with Gasteiger partial charge in [-0.25, -0.2) is 4.98 Å². The van der Waals surface area contributed by atoms with Gasteiger partial charge >= 0.3 is 0 Å². The Morgan fingerprint density at radius 3 is 2.85 bits per heavy atom. The van der Waals surface area contributed by atoms with E-state index in [1.54, 1.807) is 0 Å². The van der Waals surface area contributed by atoms with E-state index in [2.05, 4.69) is 10.3 Å². The van der Waals surface area contributed by atoms with Crippen LogP contribution in [0.1, 0.15) is 19.8 Å². The zero-order valence-electron chi connectivity index (χ0n) is 14.8. The van der Waals surface area contributed by atoms with E-state index in [4.69, 9.17) is 9.47 Å². The van der Waals surface area contributed by atoms with Gasteiger partial charge in [0.2, 0.25) is 5.91 Å². The van der Waals surface area contributed by atoms with E-state index >= 15 is 0 Å². The number of benzene rings is 1. The van der Waals surface area contributed by atoms with Gasteiger partial charge in [-0.2, -0.15) is 0 Å². The van der Waals surface area contributed by atoms with E-state index in [0.717, 1.165) is 30.8 Å². The topological polar surface area (TPSA) is 82.5 Å². The summed E-state index contributed by atoms with van der Waals surface area (Å²) in [6, 6.07) is 8.81. The molecule has 2 aromatic rings. The molecule has 7 heteroatoms. The van der Waals surface area contributed by atoms with Crippen molar-refractivity contribution in [2.24, 2.45) is 0 Å². The first-order valence-electron chi connectivity index (χ1n) is 8.83. The highest BCUT2D eigenvalue weighted by molar-refractivity contribution is 5.75. The monoisotopic (exact) mass is 357 g/mol. The van der Waals surface area contributed by atoms with E-state index < -0.39 is 0 Å². The summed E-state index contributed by atoms with van der Waals surface area (Å²) in [5, 5.41) is 2.80. The van der Waals surface area contributed by atoms with Crippen molar-refractivity contribution in [2.45, 2.75) is 32.4 Å².